The van der Waals surface area contributed by atoms with Gasteiger partial charge in [-0.05, 0) is 35.8 Å². The number of amides is 1. The maximum absolute atomic E-state index is 11.9. The minimum atomic E-state index is -0.505. The largest absolute Gasteiger partial charge is 0.352 e. The van der Waals surface area contributed by atoms with Crippen molar-refractivity contribution in [1.82, 2.24) is 5.32 Å². The molecule has 1 fully saturated rings. The van der Waals surface area contributed by atoms with Crippen molar-refractivity contribution in [1.29, 1.82) is 0 Å². The van der Waals surface area contributed by atoms with Gasteiger partial charge in [0.15, 0.2) is 0 Å². The van der Waals surface area contributed by atoms with Gasteiger partial charge >= 0.3 is 0 Å². The molecule has 1 aromatic rings. The van der Waals surface area contributed by atoms with Gasteiger partial charge in [-0.15, -0.1) is 11.3 Å². The number of nitrogens with two attached hydrogens (primary N) is 1. The number of thioether (sulfide) groups is 1. The second kappa shape index (κ2) is 5.70. The fourth-order valence-corrected chi connectivity index (χ4v) is 3.56. The monoisotopic (exact) mass is 256 g/mol. The standard InChI is InChI=1S/C11H16N2OS2/c12-10(9-2-1-5-16-9)11(14)13-8-3-6-15-7-4-8/h1-2,5,8,10H,3-4,6-7,12H2,(H,13,14). The van der Waals surface area contributed by atoms with Crippen molar-refractivity contribution in [3.05, 3.63) is 22.4 Å². The van der Waals surface area contributed by atoms with Crippen molar-refractivity contribution in [3.8, 4) is 0 Å². The third-order valence-corrected chi connectivity index (χ3v) is 4.70. The van der Waals surface area contributed by atoms with Crippen LogP contribution in [0.25, 0.3) is 0 Å². The highest BCUT2D eigenvalue weighted by molar-refractivity contribution is 7.99. The van der Waals surface area contributed by atoms with E-state index < -0.39 is 6.04 Å². The van der Waals surface area contributed by atoms with Gasteiger partial charge in [0.25, 0.3) is 0 Å². The molecule has 0 aromatic carbocycles. The van der Waals surface area contributed by atoms with E-state index in [0.717, 1.165) is 29.2 Å². The molecule has 5 heteroatoms. The van der Waals surface area contributed by atoms with Crippen LogP contribution in [0.1, 0.15) is 23.8 Å². The van der Waals surface area contributed by atoms with Gasteiger partial charge in [0.1, 0.15) is 6.04 Å². The van der Waals surface area contributed by atoms with Crippen LogP contribution in [-0.2, 0) is 4.79 Å². The molecular formula is C11H16N2OS2. The highest BCUT2D eigenvalue weighted by atomic mass is 32.2. The van der Waals surface area contributed by atoms with E-state index in [0.29, 0.717) is 6.04 Å². The molecule has 0 radical (unpaired) electrons. The first-order valence-electron chi connectivity index (χ1n) is 5.44. The maximum atomic E-state index is 11.9. The Kier molecular flexibility index (Phi) is 4.26. The van der Waals surface area contributed by atoms with E-state index in [1.807, 2.05) is 29.3 Å². The lowest BCUT2D eigenvalue weighted by Gasteiger charge is -2.23. The van der Waals surface area contributed by atoms with Gasteiger partial charge in [0.2, 0.25) is 5.91 Å². The second-order valence-electron chi connectivity index (χ2n) is 3.89. The number of carbonyl (C=O) groups excluding carboxylic acids is 1. The van der Waals surface area contributed by atoms with Crippen LogP contribution in [0.3, 0.4) is 0 Å². The molecule has 1 unspecified atom stereocenters. The fraction of sp³-hybridized carbons (Fsp3) is 0.545. The Morgan fingerprint density at radius 1 is 1.50 bits per heavy atom. The van der Waals surface area contributed by atoms with Gasteiger partial charge < -0.3 is 11.1 Å². The molecule has 2 heterocycles. The summed E-state index contributed by atoms with van der Waals surface area (Å²) in [5.41, 5.74) is 5.89. The van der Waals surface area contributed by atoms with Crippen molar-refractivity contribution in [2.45, 2.75) is 24.9 Å². The van der Waals surface area contributed by atoms with E-state index in [4.69, 9.17) is 5.73 Å². The Morgan fingerprint density at radius 2 is 2.25 bits per heavy atom. The summed E-state index contributed by atoms with van der Waals surface area (Å²) in [6.07, 6.45) is 2.13. The van der Waals surface area contributed by atoms with E-state index in [-0.39, 0.29) is 5.91 Å². The number of hydrogen-bond acceptors (Lipinski definition) is 4. The quantitative estimate of drug-likeness (QED) is 0.866. The molecular weight excluding hydrogens is 240 g/mol. The van der Waals surface area contributed by atoms with Gasteiger partial charge in [-0.2, -0.15) is 11.8 Å². The van der Waals surface area contributed by atoms with E-state index >= 15 is 0 Å². The van der Waals surface area contributed by atoms with Crippen LogP contribution in [0.4, 0.5) is 0 Å². The van der Waals surface area contributed by atoms with Crippen LogP contribution in [0.15, 0.2) is 17.5 Å². The summed E-state index contributed by atoms with van der Waals surface area (Å²) in [6.45, 7) is 0. The average Bonchev–Trinajstić information content (AvgIpc) is 2.83. The summed E-state index contributed by atoms with van der Waals surface area (Å²) in [6, 6.07) is 3.64. The molecule has 3 N–H and O–H groups in total. The Morgan fingerprint density at radius 3 is 2.88 bits per heavy atom. The third kappa shape index (κ3) is 2.99. The van der Waals surface area contributed by atoms with Crippen molar-refractivity contribution in [2.24, 2.45) is 5.73 Å². The molecule has 1 amide bonds. The van der Waals surface area contributed by atoms with Crippen LogP contribution >= 0.6 is 23.1 Å². The SMILES string of the molecule is NC(C(=O)NC1CCSCC1)c1cccs1. The van der Waals surface area contributed by atoms with Gasteiger partial charge in [0.05, 0.1) is 0 Å². The van der Waals surface area contributed by atoms with Gasteiger partial charge in [-0.25, -0.2) is 0 Å². The van der Waals surface area contributed by atoms with Crippen molar-refractivity contribution in [2.75, 3.05) is 11.5 Å². The van der Waals surface area contributed by atoms with E-state index in [9.17, 15) is 4.79 Å². The van der Waals surface area contributed by atoms with Crippen LogP contribution in [0.2, 0.25) is 0 Å². The summed E-state index contributed by atoms with van der Waals surface area (Å²) in [5, 5.41) is 4.98. The minimum Gasteiger partial charge on any atom is -0.352 e. The first kappa shape index (κ1) is 12.0. The molecule has 3 nitrogen and oxygen atoms in total. The molecule has 1 aromatic heterocycles. The first-order valence-corrected chi connectivity index (χ1v) is 7.48. The second-order valence-corrected chi connectivity index (χ2v) is 6.09. The number of hydrogen-bond donors (Lipinski definition) is 2. The maximum Gasteiger partial charge on any atom is 0.242 e. The summed E-state index contributed by atoms with van der Waals surface area (Å²) >= 11 is 3.48. The normalized spacial score (nSPS) is 19.3. The van der Waals surface area contributed by atoms with Gasteiger partial charge in [-0.3, -0.25) is 4.79 Å². The van der Waals surface area contributed by atoms with Crippen LogP contribution < -0.4 is 11.1 Å². The topological polar surface area (TPSA) is 55.1 Å². The average molecular weight is 256 g/mol. The molecule has 1 saturated heterocycles. The summed E-state index contributed by atoms with van der Waals surface area (Å²) in [5.74, 6) is 2.23. The minimum absolute atomic E-state index is 0.0423. The van der Waals surface area contributed by atoms with Crippen molar-refractivity contribution in [3.63, 3.8) is 0 Å². The molecule has 16 heavy (non-hydrogen) atoms. The smallest absolute Gasteiger partial charge is 0.242 e. The molecule has 1 atom stereocenters. The zero-order chi connectivity index (χ0) is 11.4. The number of nitrogens with one attached hydrogen (secondary N) is 1. The number of carbonyl (C=O) groups is 1. The molecule has 88 valence electrons. The first-order chi connectivity index (χ1) is 7.77. The lowest BCUT2D eigenvalue weighted by molar-refractivity contribution is -0.123. The zero-order valence-electron chi connectivity index (χ0n) is 9.02. The van der Waals surface area contributed by atoms with Crippen LogP contribution in [0, 0.1) is 0 Å². The molecule has 0 spiro atoms. The molecule has 2 rings (SSSR count). The van der Waals surface area contributed by atoms with Crippen LogP contribution in [-0.4, -0.2) is 23.5 Å². The fourth-order valence-electron chi connectivity index (χ4n) is 1.73. The lowest BCUT2D eigenvalue weighted by Crippen LogP contribution is -2.42. The van der Waals surface area contributed by atoms with Gasteiger partial charge in [0, 0.05) is 10.9 Å². The molecule has 0 bridgehead atoms. The number of rotatable bonds is 3. The van der Waals surface area contributed by atoms with Crippen molar-refractivity contribution >= 4 is 29.0 Å². The lowest BCUT2D eigenvalue weighted by atomic mass is 10.1. The third-order valence-electron chi connectivity index (χ3n) is 2.70. The Balaban J connectivity index is 1.87. The summed E-state index contributed by atoms with van der Waals surface area (Å²) in [4.78, 5) is 12.8. The van der Waals surface area contributed by atoms with E-state index in [1.54, 1.807) is 0 Å². The van der Waals surface area contributed by atoms with Crippen molar-refractivity contribution < 1.29 is 4.79 Å². The highest BCUT2D eigenvalue weighted by Gasteiger charge is 2.21. The molecule has 0 saturated carbocycles. The molecule has 1 aliphatic rings. The number of thiophene rings is 1. The van der Waals surface area contributed by atoms with Gasteiger partial charge in [-0.1, -0.05) is 6.07 Å². The van der Waals surface area contributed by atoms with Crippen LogP contribution in [0.5, 0.6) is 0 Å². The molecule has 0 aliphatic carbocycles. The molecule has 1 aliphatic heterocycles. The van der Waals surface area contributed by atoms with E-state index in [1.165, 1.54) is 11.3 Å². The summed E-state index contributed by atoms with van der Waals surface area (Å²) < 4.78 is 0. The Bertz CT molecular complexity index is 334. The predicted octanol–water partition coefficient (Wildman–Crippen LogP) is 1.76. The Labute approximate surface area is 104 Å². The highest BCUT2D eigenvalue weighted by Crippen LogP contribution is 2.20. The Hall–Kier alpha value is -0.520. The summed E-state index contributed by atoms with van der Waals surface area (Å²) in [7, 11) is 0. The van der Waals surface area contributed by atoms with E-state index in [2.05, 4.69) is 5.32 Å². The predicted molar refractivity (Wildman–Crippen MR) is 69.7 cm³/mol. The zero-order valence-corrected chi connectivity index (χ0v) is 10.7.